The zero-order valence-electron chi connectivity index (χ0n) is 12.9. The normalized spacial score (nSPS) is 18.7. The van der Waals surface area contributed by atoms with Crippen LogP contribution in [0.5, 0.6) is 5.75 Å². The van der Waals surface area contributed by atoms with E-state index in [0.29, 0.717) is 32.7 Å². The molecule has 1 aromatic carbocycles. The number of hydrogen-bond donors (Lipinski definition) is 1. The minimum absolute atomic E-state index is 0. The summed E-state index contributed by atoms with van der Waals surface area (Å²) in [5.74, 6) is -0.344. The summed E-state index contributed by atoms with van der Waals surface area (Å²) < 4.78 is 50.5. The topological polar surface area (TPSA) is 81.9 Å². The lowest BCUT2D eigenvalue weighted by Gasteiger charge is -2.19. The van der Waals surface area contributed by atoms with Crippen LogP contribution in [0.25, 0.3) is 0 Å². The van der Waals surface area contributed by atoms with Gasteiger partial charge in [-0.2, -0.15) is 4.31 Å². The van der Waals surface area contributed by atoms with Gasteiger partial charge in [-0.05, 0) is 37.1 Å². The van der Waals surface area contributed by atoms with Crippen molar-refractivity contribution in [2.24, 2.45) is 11.7 Å². The van der Waals surface area contributed by atoms with Crippen LogP contribution < -0.4 is 10.5 Å². The smallest absolute Gasteiger partial charge is 0.246 e. The maximum atomic E-state index is 13.5. The lowest BCUT2D eigenvalue weighted by atomic mass is 10.1. The Labute approximate surface area is 142 Å². The van der Waals surface area contributed by atoms with E-state index in [4.69, 9.17) is 15.2 Å². The van der Waals surface area contributed by atoms with E-state index in [1.165, 1.54) is 23.5 Å². The summed E-state index contributed by atoms with van der Waals surface area (Å²) in [6, 6.07) is 3.50. The highest BCUT2D eigenvalue weighted by Gasteiger charge is 2.34. The second-order valence-corrected chi connectivity index (χ2v) is 7.09. The molecule has 0 radical (unpaired) electrons. The number of rotatable bonds is 7. The van der Waals surface area contributed by atoms with Crippen LogP contribution in [0.1, 0.15) is 6.42 Å². The SMILES string of the molecule is COCCOc1ccc(F)cc1S(=O)(=O)N1CCC(CN)C1.Cl. The molecule has 2 rings (SSSR count). The highest BCUT2D eigenvalue weighted by molar-refractivity contribution is 7.89. The molecule has 0 spiro atoms. The van der Waals surface area contributed by atoms with Crippen LogP contribution in [0.2, 0.25) is 0 Å². The first kappa shape index (κ1) is 20.1. The minimum atomic E-state index is -3.80. The average Bonchev–Trinajstić information content (AvgIpc) is 2.98. The van der Waals surface area contributed by atoms with Gasteiger partial charge in [0.15, 0.2) is 0 Å². The van der Waals surface area contributed by atoms with E-state index in [2.05, 4.69) is 0 Å². The summed E-state index contributed by atoms with van der Waals surface area (Å²) in [6.45, 7) is 1.68. The van der Waals surface area contributed by atoms with E-state index >= 15 is 0 Å². The van der Waals surface area contributed by atoms with Crippen LogP contribution in [0.3, 0.4) is 0 Å². The third kappa shape index (κ3) is 4.77. The van der Waals surface area contributed by atoms with E-state index < -0.39 is 15.8 Å². The third-order valence-electron chi connectivity index (χ3n) is 3.65. The molecule has 9 heteroatoms. The first-order chi connectivity index (χ1) is 10.5. The lowest BCUT2D eigenvalue weighted by molar-refractivity contribution is 0.144. The second kappa shape index (κ2) is 8.79. The summed E-state index contributed by atoms with van der Waals surface area (Å²) in [6.07, 6.45) is 0.713. The maximum Gasteiger partial charge on any atom is 0.246 e. The molecule has 6 nitrogen and oxygen atoms in total. The predicted molar refractivity (Wildman–Crippen MR) is 86.9 cm³/mol. The number of halogens is 2. The highest BCUT2D eigenvalue weighted by Crippen LogP contribution is 2.30. The first-order valence-electron chi connectivity index (χ1n) is 7.10. The summed E-state index contributed by atoms with van der Waals surface area (Å²) in [7, 11) is -2.28. The number of hydrogen-bond acceptors (Lipinski definition) is 5. The van der Waals surface area contributed by atoms with Crippen molar-refractivity contribution in [2.75, 3.05) is 40.0 Å². The van der Waals surface area contributed by atoms with E-state index in [0.717, 1.165) is 6.07 Å². The average molecular weight is 369 g/mol. The molecule has 0 aliphatic carbocycles. The Morgan fingerprint density at radius 3 is 2.74 bits per heavy atom. The van der Waals surface area contributed by atoms with Crippen LogP contribution in [0.15, 0.2) is 23.1 Å². The number of sulfonamides is 1. The number of benzene rings is 1. The Morgan fingerprint density at radius 1 is 1.39 bits per heavy atom. The van der Waals surface area contributed by atoms with Gasteiger partial charge >= 0.3 is 0 Å². The van der Waals surface area contributed by atoms with E-state index in [1.807, 2.05) is 0 Å². The lowest BCUT2D eigenvalue weighted by Crippen LogP contribution is -2.30. The van der Waals surface area contributed by atoms with Crippen LogP contribution in [0.4, 0.5) is 4.39 Å². The zero-order chi connectivity index (χ0) is 16.2. The van der Waals surface area contributed by atoms with Gasteiger partial charge in [-0.1, -0.05) is 0 Å². The molecule has 1 aromatic rings. The Morgan fingerprint density at radius 2 is 2.13 bits per heavy atom. The van der Waals surface area contributed by atoms with Crippen LogP contribution in [0, 0.1) is 11.7 Å². The van der Waals surface area contributed by atoms with Gasteiger partial charge < -0.3 is 15.2 Å². The zero-order valence-corrected chi connectivity index (χ0v) is 14.5. The van der Waals surface area contributed by atoms with Crippen LogP contribution in [-0.4, -0.2) is 52.7 Å². The minimum Gasteiger partial charge on any atom is -0.490 e. The molecule has 0 bridgehead atoms. The molecule has 23 heavy (non-hydrogen) atoms. The largest absolute Gasteiger partial charge is 0.490 e. The van der Waals surface area contributed by atoms with Gasteiger partial charge in [-0.15, -0.1) is 12.4 Å². The Kier molecular flexibility index (Phi) is 7.69. The van der Waals surface area contributed by atoms with E-state index in [-0.39, 0.29) is 35.6 Å². The number of methoxy groups -OCH3 is 1. The van der Waals surface area contributed by atoms with Gasteiger partial charge in [-0.25, -0.2) is 12.8 Å². The molecule has 1 unspecified atom stereocenters. The maximum absolute atomic E-state index is 13.5. The fourth-order valence-corrected chi connectivity index (χ4v) is 4.06. The summed E-state index contributed by atoms with van der Waals surface area (Å²) in [5.41, 5.74) is 5.59. The molecule has 1 aliphatic heterocycles. The van der Waals surface area contributed by atoms with Gasteiger partial charge in [0.25, 0.3) is 0 Å². The van der Waals surface area contributed by atoms with Crippen LogP contribution >= 0.6 is 12.4 Å². The fraction of sp³-hybridized carbons (Fsp3) is 0.571. The molecule has 1 saturated heterocycles. The van der Waals surface area contributed by atoms with Crippen molar-refractivity contribution in [1.29, 1.82) is 0 Å². The van der Waals surface area contributed by atoms with Crippen molar-refractivity contribution in [1.82, 2.24) is 4.31 Å². The number of ether oxygens (including phenoxy) is 2. The first-order valence-corrected chi connectivity index (χ1v) is 8.54. The van der Waals surface area contributed by atoms with Gasteiger partial charge in [0, 0.05) is 20.2 Å². The van der Waals surface area contributed by atoms with Crippen molar-refractivity contribution in [3.05, 3.63) is 24.0 Å². The molecule has 0 aromatic heterocycles. The quantitative estimate of drug-likeness (QED) is 0.732. The molecule has 0 saturated carbocycles. The Hall–Kier alpha value is -0.930. The molecule has 1 atom stereocenters. The summed E-state index contributed by atoms with van der Waals surface area (Å²) in [5, 5.41) is 0. The van der Waals surface area contributed by atoms with Crippen molar-refractivity contribution >= 4 is 22.4 Å². The van der Waals surface area contributed by atoms with E-state index in [9.17, 15) is 12.8 Å². The molecular formula is C14H22ClFN2O4S. The number of nitrogens with zero attached hydrogens (tertiary/aromatic N) is 1. The predicted octanol–water partition coefficient (Wildman–Crippen LogP) is 1.24. The molecule has 0 amide bonds. The Bertz CT molecular complexity index is 615. The molecule has 1 heterocycles. The summed E-state index contributed by atoms with van der Waals surface area (Å²) >= 11 is 0. The van der Waals surface area contributed by atoms with Crippen LogP contribution in [-0.2, 0) is 14.8 Å². The van der Waals surface area contributed by atoms with Gasteiger partial charge in [-0.3, -0.25) is 0 Å². The van der Waals surface area contributed by atoms with E-state index in [1.54, 1.807) is 0 Å². The molecule has 132 valence electrons. The second-order valence-electron chi connectivity index (χ2n) is 5.19. The molecule has 1 fully saturated rings. The molecule has 2 N–H and O–H groups in total. The van der Waals surface area contributed by atoms with Gasteiger partial charge in [0.1, 0.15) is 23.1 Å². The van der Waals surface area contributed by atoms with Crippen molar-refractivity contribution in [3.8, 4) is 5.75 Å². The van der Waals surface area contributed by atoms with Crippen molar-refractivity contribution < 1.29 is 22.3 Å². The fourth-order valence-electron chi connectivity index (χ4n) is 2.38. The monoisotopic (exact) mass is 368 g/mol. The molecular weight excluding hydrogens is 347 g/mol. The van der Waals surface area contributed by atoms with Gasteiger partial charge in [0.05, 0.1) is 6.61 Å². The van der Waals surface area contributed by atoms with Gasteiger partial charge in [0.2, 0.25) is 10.0 Å². The highest BCUT2D eigenvalue weighted by atomic mass is 35.5. The summed E-state index contributed by atoms with van der Waals surface area (Å²) in [4.78, 5) is -0.152. The standard InChI is InChI=1S/C14H21FN2O4S.ClH/c1-20-6-7-21-13-3-2-12(15)8-14(13)22(18,19)17-5-4-11(9-16)10-17;/h2-3,8,11H,4-7,9-10,16H2,1H3;1H. The molecule has 1 aliphatic rings. The third-order valence-corrected chi connectivity index (χ3v) is 5.54. The number of nitrogens with two attached hydrogens (primary N) is 1. The van der Waals surface area contributed by atoms with Crippen molar-refractivity contribution in [2.45, 2.75) is 11.3 Å². The Balaban J connectivity index is 0.00000264. The van der Waals surface area contributed by atoms with Crippen molar-refractivity contribution in [3.63, 3.8) is 0 Å².